The van der Waals surface area contributed by atoms with Gasteiger partial charge in [-0.05, 0) is 52.9 Å². The van der Waals surface area contributed by atoms with Gasteiger partial charge < -0.3 is 15.0 Å². The van der Waals surface area contributed by atoms with E-state index in [2.05, 4.69) is 30.8 Å². The van der Waals surface area contributed by atoms with Crippen molar-refractivity contribution in [3.05, 3.63) is 17.0 Å². The van der Waals surface area contributed by atoms with Crippen LogP contribution in [0.15, 0.2) is 0 Å². The molecule has 1 atom stereocenters. The molecule has 1 aliphatic heterocycles. The van der Waals surface area contributed by atoms with E-state index in [1.165, 1.54) is 24.1 Å². The molecule has 1 amide bonds. The number of rotatable bonds is 7. The van der Waals surface area contributed by atoms with Crippen LogP contribution in [0.3, 0.4) is 0 Å². The number of hydrogen-bond acceptors (Lipinski definition) is 4. The van der Waals surface area contributed by atoms with Crippen molar-refractivity contribution in [3.8, 4) is 0 Å². The minimum atomic E-state index is 0.143. The Morgan fingerprint density at radius 3 is 2.67 bits per heavy atom. The van der Waals surface area contributed by atoms with Crippen molar-refractivity contribution in [2.24, 2.45) is 0 Å². The Kier molecular flexibility index (Phi) is 7.30. The lowest BCUT2D eigenvalue weighted by atomic mass is 9.91. The number of amides is 1. The van der Waals surface area contributed by atoms with E-state index in [0.717, 1.165) is 64.9 Å². The van der Waals surface area contributed by atoms with Crippen molar-refractivity contribution in [3.63, 3.8) is 0 Å². The number of hydrogen-bond donors (Lipinski definition) is 1. The fraction of sp³-hybridized carbons (Fsp3) is 0.810. The number of nitrogens with one attached hydrogen (secondary N) is 1. The van der Waals surface area contributed by atoms with E-state index in [-0.39, 0.29) is 12.0 Å². The van der Waals surface area contributed by atoms with Crippen molar-refractivity contribution in [2.45, 2.75) is 84.4 Å². The molecule has 0 radical (unpaired) electrons. The van der Waals surface area contributed by atoms with Gasteiger partial charge in [0.25, 0.3) is 5.91 Å². The molecule has 0 saturated carbocycles. The summed E-state index contributed by atoms with van der Waals surface area (Å²) in [6.07, 6.45) is 7.94. The van der Waals surface area contributed by atoms with Crippen LogP contribution in [0.25, 0.3) is 0 Å². The van der Waals surface area contributed by atoms with Gasteiger partial charge in [0.05, 0.1) is 12.7 Å². The molecular formula is C21H36N4O2. The molecule has 1 N–H and O–H groups in total. The van der Waals surface area contributed by atoms with E-state index < -0.39 is 0 Å². The van der Waals surface area contributed by atoms with E-state index in [1.807, 2.05) is 4.90 Å². The van der Waals surface area contributed by atoms with Crippen LogP contribution in [0.2, 0.25) is 0 Å². The van der Waals surface area contributed by atoms with Crippen LogP contribution >= 0.6 is 0 Å². The van der Waals surface area contributed by atoms with E-state index >= 15 is 0 Å². The minimum Gasteiger partial charge on any atom is -0.377 e. The van der Waals surface area contributed by atoms with Crippen LogP contribution in [0.5, 0.6) is 0 Å². The van der Waals surface area contributed by atoms with Gasteiger partial charge in [0.2, 0.25) is 0 Å². The molecule has 0 spiro atoms. The third-order valence-electron chi connectivity index (χ3n) is 5.73. The van der Waals surface area contributed by atoms with Gasteiger partial charge in [-0.3, -0.25) is 9.48 Å². The first-order chi connectivity index (χ1) is 13.1. The number of carbonyl (C=O) groups is 1. The van der Waals surface area contributed by atoms with E-state index in [1.54, 1.807) is 0 Å². The Hall–Kier alpha value is -1.40. The first-order valence-electron chi connectivity index (χ1n) is 10.8. The summed E-state index contributed by atoms with van der Waals surface area (Å²) in [5, 5.41) is 8.36. The van der Waals surface area contributed by atoms with Gasteiger partial charge in [0, 0.05) is 43.5 Å². The molecule has 1 saturated heterocycles. The maximum absolute atomic E-state index is 13.2. The van der Waals surface area contributed by atoms with E-state index in [0.29, 0.717) is 11.7 Å². The highest BCUT2D eigenvalue weighted by atomic mass is 16.5. The zero-order chi connectivity index (χ0) is 19.2. The number of nitrogens with zero attached hydrogens (tertiary/aromatic N) is 3. The predicted octanol–water partition coefficient (Wildman–Crippen LogP) is 2.79. The van der Waals surface area contributed by atoms with Crippen molar-refractivity contribution < 1.29 is 9.53 Å². The molecule has 6 heteroatoms. The lowest BCUT2D eigenvalue weighted by Gasteiger charge is -2.25. The number of likely N-dealkylation sites (tertiary alicyclic amines) is 1. The van der Waals surface area contributed by atoms with Crippen LogP contribution in [-0.4, -0.2) is 59.0 Å². The SMILES string of the molecule is CCn1nc(C(=O)N2CCCCCC2)c2c1CCC(NCCOC(C)C)C2. The third-order valence-corrected chi connectivity index (χ3v) is 5.73. The van der Waals surface area contributed by atoms with Gasteiger partial charge in [-0.25, -0.2) is 0 Å². The second-order valence-electron chi connectivity index (χ2n) is 8.11. The van der Waals surface area contributed by atoms with Crippen molar-refractivity contribution in [2.75, 3.05) is 26.2 Å². The number of aromatic nitrogens is 2. The second-order valence-corrected chi connectivity index (χ2v) is 8.11. The van der Waals surface area contributed by atoms with Crippen molar-refractivity contribution in [1.82, 2.24) is 20.0 Å². The largest absolute Gasteiger partial charge is 0.377 e. The summed E-state index contributed by atoms with van der Waals surface area (Å²) in [5.41, 5.74) is 3.16. The van der Waals surface area contributed by atoms with Gasteiger partial charge in [0.1, 0.15) is 0 Å². The molecule has 2 heterocycles. The summed E-state index contributed by atoms with van der Waals surface area (Å²) < 4.78 is 7.69. The summed E-state index contributed by atoms with van der Waals surface area (Å²) in [4.78, 5) is 15.2. The molecule has 2 aliphatic rings. The third kappa shape index (κ3) is 5.11. The second kappa shape index (κ2) is 9.69. The standard InChI is InChI=1S/C21H36N4O2/c1-4-25-19-10-9-17(22-11-14-27-16(2)3)15-18(19)20(23-25)21(26)24-12-7-5-6-8-13-24/h16-17,22H,4-15H2,1-3H3. The highest BCUT2D eigenvalue weighted by Gasteiger charge is 2.30. The van der Waals surface area contributed by atoms with Crippen molar-refractivity contribution >= 4 is 5.91 Å². The van der Waals surface area contributed by atoms with Gasteiger partial charge >= 0.3 is 0 Å². The molecule has 1 aromatic heterocycles. The van der Waals surface area contributed by atoms with Crippen LogP contribution in [0.4, 0.5) is 0 Å². The Balaban J connectivity index is 1.69. The highest BCUT2D eigenvalue weighted by molar-refractivity contribution is 5.94. The van der Waals surface area contributed by atoms with Crippen LogP contribution < -0.4 is 5.32 Å². The molecule has 0 bridgehead atoms. The molecule has 1 aliphatic carbocycles. The number of carbonyl (C=O) groups excluding carboxylic acids is 1. The molecule has 1 aromatic rings. The summed E-state index contributed by atoms with van der Waals surface area (Å²) in [6.45, 7) is 10.4. The topological polar surface area (TPSA) is 59.4 Å². The Morgan fingerprint density at radius 2 is 2.00 bits per heavy atom. The Labute approximate surface area is 163 Å². The molecule has 1 unspecified atom stereocenters. The zero-order valence-corrected chi connectivity index (χ0v) is 17.3. The highest BCUT2D eigenvalue weighted by Crippen LogP contribution is 2.26. The minimum absolute atomic E-state index is 0.143. The zero-order valence-electron chi connectivity index (χ0n) is 17.3. The Morgan fingerprint density at radius 1 is 1.26 bits per heavy atom. The maximum Gasteiger partial charge on any atom is 0.274 e. The maximum atomic E-state index is 13.2. The Bertz CT molecular complexity index is 618. The molecule has 0 aromatic carbocycles. The molecule has 6 nitrogen and oxygen atoms in total. The van der Waals surface area contributed by atoms with Crippen LogP contribution in [-0.2, 0) is 24.1 Å². The smallest absolute Gasteiger partial charge is 0.274 e. The normalized spacial score (nSPS) is 20.6. The molecule has 3 rings (SSSR count). The molecular weight excluding hydrogens is 340 g/mol. The quantitative estimate of drug-likeness (QED) is 0.744. The van der Waals surface area contributed by atoms with Gasteiger partial charge in [-0.1, -0.05) is 12.8 Å². The lowest BCUT2D eigenvalue weighted by molar-refractivity contribution is 0.0751. The number of fused-ring (bicyclic) bond motifs is 1. The predicted molar refractivity (Wildman–Crippen MR) is 107 cm³/mol. The van der Waals surface area contributed by atoms with Crippen molar-refractivity contribution in [1.29, 1.82) is 0 Å². The first-order valence-corrected chi connectivity index (χ1v) is 10.8. The lowest BCUT2D eigenvalue weighted by Crippen LogP contribution is -2.38. The van der Waals surface area contributed by atoms with Gasteiger partial charge in [0.15, 0.2) is 5.69 Å². The monoisotopic (exact) mass is 376 g/mol. The average molecular weight is 377 g/mol. The summed E-state index contributed by atoms with van der Waals surface area (Å²) in [5.74, 6) is 0.143. The van der Waals surface area contributed by atoms with Gasteiger partial charge in [-0.2, -0.15) is 5.10 Å². The summed E-state index contributed by atoms with van der Waals surface area (Å²) in [6, 6.07) is 0.401. The summed E-state index contributed by atoms with van der Waals surface area (Å²) in [7, 11) is 0. The van der Waals surface area contributed by atoms with E-state index in [4.69, 9.17) is 9.84 Å². The number of aryl methyl sites for hydroxylation is 1. The fourth-order valence-corrected chi connectivity index (χ4v) is 4.28. The molecule has 152 valence electrons. The fourth-order valence-electron chi connectivity index (χ4n) is 4.28. The van der Waals surface area contributed by atoms with Crippen LogP contribution in [0.1, 0.15) is 74.6 Å². The number of ether oxygens (including phenoxy) is 1. The van der Waals surface area contributed by atoms with Crippen LogP contribution in [0, 0.1) is 0 Å². The molecule has 1 fully saturated rings. The van der Waals surface area contributed by atoms with Gasteiger partial charge in [-0.15, -0.1) is 0 Å². The first kappa shape index (κ1) is 20.3. The molecule has 27 heavy (non-hydrogen) atoms. The summed E-state index contributed by atoms with van der Waals surface area (Å²) >= 11 is 0. The van der Waals surface area contributed by atoms with E-state index in [9.17, 15) is 4.79 Å². The average Bonchev–Trinajstić information content (AvgIpc) is 2.82.